The highest BCUT2D eigenvalue weighted by Gasteiger charge is 2.13. The van der Waals surface area contributed by atoms with E-state index in [2.05, 4.69) is 32.9 Å². The molecule has 9 heteroatoms. The average molecular weight is 343 g/mol. The van der Waals surface area contributed by atoms with Gasteiger partial charge in [-0.3, -0.25) is 4.79 Å². The number of nitrogens with zero attached hydrogens (tertiary/aromatic N) is 6. The Hall–Kier alpha value is -3.10. The molecule has 0 unspecified atom stereocenters. The minimum atomic E-state index is -0.410. The number of rotatable bonds is 7. The molecule has 2 aromatic heterocycles. The van der Waals surface area contributed by atoms with Gasteiger partial charge in [-0.25, -0.2) is 13.8 Å². The van der Waals surface area contributed by atoms with Crippen molar-refractivity contribution in [2.24, 2.45) is 0 Å². The van der Waals surface area contributed by atoms with Gasteiger partial charge in [-0.15, -0.1) is 5.10 Å². The first-order chi connectivity index (χ1) is 12.2. The molecule has 0 aliphatic rings. The van der Waals surface area contributed by atoms with Gasteiger partial charge in [0.2, 0.25) is 0 Å². The number of aryl methyl sites for hydroxylation is 1. The van der Waals surface area contributed by atoms with Gasteiger partial charge in [0.1, 0.15) is 11.5 Å². The molecule has 8 nitrogen and oxygen atoms in total. The Balaban J connectivity index is 1.65. The molecule has 0 fully saturated rings. The predicted octanol–water partition coefficient (Wildman–Crippen LogP) is 1.73. The monoisotopic (exact) mass is 343 g/mol. The van der Waals surface area contributed by atoms with Crippen molar-refractivity contribution in [1.29, 1.82) is 0 Å². The molecule has 0 saturated heterocycles. The van der Waals surface area contributed by atoms with E-state index in [4.69, 9.17) is 0 Å². The van der Waals surface area contributed by atoms with Crippen molar-refractivity contribution in [3.05, 3.63) is 53.9 Å². The number of tetrazole rings is 1. The first kappa shape index (κ1) is 16.7. The molecule has 0 radical (unpaired) electrons. The average Bonchev–Trinajstić information content (AvgIpc) is 3.27. The zero-order valence-electron chi connectivity index (χ0n) is 13.8. The Bertz CT molecular complexity index is 858. The molecule has 0 aliphatic carbocycles. The zero-order chi connectivity index (χ0) is 17.6. The van der Waals surface area contributed by atoms with Crippen LogP contribution in [-0.4, -0.2) is 35.9 Å². The van der Waals surface area contributed by atoms with E-state index in [0.29, 0.717) is 12.4 Å². The molecule has 0 bridgehead atoms. The van der Waals surface area contributed by atoms with Gasteiger partial charge in [0, 0.05) is 12.7 Å². The van der Waals surface area contributed by atoms with Crippen LogP contribution in [0.5, 0.6) is 0 Å². The molecular formula is C16H18FN7O. The fourth-order valence-corrected chi connectivity index (χ4v) is 2.30. The van der Waals surface area contributed by atoms with Crippen molar-refractivity contribution < 1.29 is 9.18 Å². The smallest absolute Gasteiger partial charge is 0.272 e. The number of carbonyl (C=O) groups excluding carboxylic acids is 1. The highest BCUT2D eigenvalue weighted by molar-refractivity contribution is 5.92. The molecule has 0 atom stereocenters. The van der Waals surface area contributed by atoms with Gasteiger partial charge >= 0.3 is 0 Å². The Morgan fingerprint density at radius 2 is 2.12 bits per heavy atom. The van der Waals surface area contributed by atoms with E-state index in [-0.39, 0.29) is 23.8 Å². The lowest BCUT2D eigenvalue weighted by molar-refractivity contribution is 0.0944. The van der Waals surface area contributed by atoms with Crippen LogP contribution >= 0.6 is 0 Å². The topological polar surface area (TPSA) is 90.5 Å². The van der Waals surface area contributed by atoms with E-state index < -0.39 is 5.82 Å². The number of hydrogen-bond donors (Lipinski definition) is 1. The molecule has 2 heterocycles. The van der Waals surface area contributed by atoms with Crippen LogP contribution in [0.25, 0.3) is 5.69 Å². The SMILES string of the molecule is CCCCn1nnnc1CNC(=O)c1ccn(-c2ccccc2F)n1. The predicted molar refractivity (Wildman–Crippen MR) is 87.4 cm³/mol. The van der Waals surface area contributed by atoms with E-state index in [1.807, 2.05) is 0 Å². The number of aromatic nitrogens is 6. The summed E-state index contributed by atoms with van der Waals surface area (Å²) in [6.07, 6.45) is 3.52. The van der Waals surface area contributed by atoms with Crippen LogP contribution < -0.4 is 5.32 Å². The van der Waals surface area contributed by atoms with Crippen LogP contribution in [0.2, 0.25) is 0 Å². The summed E-state index contributed by atoms with van der Waals surface area (Å²) in [4.78, 5) is 12.2. The number of nitrogens with one attached hydrogen (secondary N) is 1. The Kier molecular flexibility index (Phi) is 5.12. The van der Waals surface area contributed by atoms with Crippen molar-refractivity contribution >= 4 is 5.91 Å². The summed E-state index contributed by atoms with van der Waals surface area (Å²) in [5.74, 6) is -0.205. The summed E-state index contributed by atoms with van der Waals surface area (Å²) >= 11 is 0. The fourth-order valence-electron chi connectivity index (χ4n) is 2.30. The molecule has 3 aromatic rings. The number of benzene rings is 1. The summed E-state index contributed by atoms with van der Waals surface area (Å²) in [6.45, 7) is 2.98. The Labute approximate surface area is 143 Å². The van der Waals surface area contributed by atoms with Crippen LogP contribution in [0.15, 0.2) is 36.5 Å². The molecule has 0 aliphatic heterocycles. The van der Waals surface area contributed by atoms with Gasteiger partial charge in [0.15, 0.2) is 11.5 Å². The molecule has 0 spiro atoms. The molecule has 3 rings (SSSR count). The largest absolute Gasteiger partial charge is 0.343 e. The summed E-state index contributed by atoms with van der Waals surface area (Å²) < 4.78 is 16.8. The second-order valence-corrected chi connectivity index (χ2v) is 5.45. The molecular weight excluding hydrogens is 325 g/mol. The lowest BCUT2D eigenvalue weighted by Gasteiger charge is -2.05. The van der Waals surface area contributed by atoms with E-state index in [0.717, 1.165) is 12.8 Å². The van der Waals surface area contributed by atoms with Gasteiger partial charge in [0.05, 0.1) is 6.54 Å². The van der Waals surface area contributed by atoms with Crippen molar-refractivity contribution in [2.45, 2.75) is 32.9 Å². The molecule has 1 aromatic carbocycles. The maximum absolute atomic E-state index is 13.8. The summed E-state index contributed by atoms with van der Waals surface area (Å²) in [6, 6.07) is 7.76. The number of unbranched alkanes of at least 4 members (excludes halogenated alkanes) is 1. The van der Waals surface area contributed by atoms with Crippen molar-refractivity contribution in [2.75, 3.05) is 0 Å². The van der Waals surface area contributed by atoms with Gasteiger partial charge in [0.25, 0.3) is 5.91 Å². The highest BCUT2D eigenvalue weighted by Crippen LogP contribution is 2.12. The minimum absolute atomic E-state index is 0.191. The lowest BCUT2D eigenvalue weighted by Crippen LogP contribution is -2.25. The molecule has 0 saturated carbocycles. The van der Waals surface area contributed by atoms with Gasteiger partial charge in [-0.05, 0) is 35.0 Å². The second kappa shape index (κ2) is 7.65. The number of para-hydroxylation sites is 1. The van der Waals surface area contributed by atoms with E-state index in [1.165, 1.54) is 16.8 Å². The van der Waals surface area contributed by atoms with Gasteiger partial charge < -0.3 is 5.32 Å². The number of carbonyl (C=O) groups is 1. The van der Waals surface area contributed by atoms with Crippen molar-refractivity contribution in [1.82, 2.24) is 35.3 Å². The standard InChI is InChI=1S/C16H18FN7O/c1-2-3-9-24-15(19-21-22-24)11-18-16(25)13-8-10-23(20-13)14-7-5-4-6-12(14)17/h4-8,10H,2-3,9,11H2,1H3,(H,18,25). The molecule has 25 heavy (non-hydrogen) atoms. The van der Waals surface area contributed by atoms with Crippen LogP contribution in [-0.2, 0) is 13.1 Å². The van der Waals surface area contributed by atoms with Crippen LogP contribution in [0.1, 0.15) is 36.1 Å². The van der Waals surface area contributed by atoms with Crippen LogP contribution in [0.3, 0.4) is 0 Å². The maximum atomic E-state index is 13.8. The third-order valence-electron chi connectivity index (χ3n) is 3.66. The summed E-state index contributed by atoms with van der Waals surface area (Å²) in [5, 5.41) is 18.3. The van der Waals surface area contributed by atoms with E-state index in [9.17, 15) is 9.18 Å². The van der Waals surface area contributed by atoms with Gasteiger partial charge in [-0.1, -0.05) is 25.5 Å². The van der Waals surface area contributed by atoms with E-state index >= 15 is 0 Å². The van der Waals surface area contributed by atoms with E-state index in [1.54, 1.807) is 29.1 Å². The molecule has 130 valence electrons. The summed E-state index contributed by atoms with van der Waals surface area (Å²) in [5.41, 5.74) is 0.473. The molecule has 1 N–H and O–H groups in total. The fraction of sp³-hybridized carbons (Fsp3) is 0.312. The number of hydrogen-bond acceptors (Lipinski definition) is 5. The maximum Gasteiger partial charge on any atom is 0.272 e. The minimum Gasteiger partial charge on any atom is -0.343 e. The first-order valence-electron chi connectivity index (χ1n) is 8.03. The normalized spacial score (nSPS) is 10.8. The second-order valence-electron chi connectivity index (χ2n) is 5.45. The third-order valence-corrected chi connectivity index (χ3v) is 3.66. The number of halogens is 1. The third kappa shape index (κ3) is 3.87. The van der Waals surface area contributed by atoms with Crippen molar-refractivity contribution in [3.63, 3.8) is 0 Å². The number of amides is 1. The quantitative estimate of drug-likeness (QED) is 0.705. The molecule has 1 amide bonds. The first-order valence-corrected chi connectivity index (χ1v) is 8.03. The summed E-state index contributed by atoms with van der Waals surface area (Å²) in [7, 11) is 0. The van der Waals surface area contributed by atoms with Crippen LogP contribution in [0.4, 0.5) is 4.39 Å². The van der Waals surface area contributed by atoms with Crippen molar-refractivity contribution in [3.8, 4) is 5.69 Å². The zero-order valence-corrected chi connectivity index (χ0v) is 13.8. The Morgan fingerprint density at radius 3 is 2.92 bits per heavy atom. The lowest BCUT2D eigenvalue weighted by atomic mass is 10.3. The highest BCUT2D eigenvalue weighted by atomic mass is 19.1. The van der Waals surface area contributed by atoms with Gasteiger partial charge in [-0.2, -0.15) is 5.10 Å². The Morgan fingerprint density at radius 1 is 1.28 bits per heavy atom. The van der Waals surface area contributed by atoms with Crippen LogP contribution in [0, 0.1) is 5.82 Å².